The number of nitrogens with zero attached hydrogens (tertiary/aromatic N) is 2. The third-order valence-corrected chi connectivity index (χ3v) is 9.13. The Balaban J connectivity index is 1.27. The lowest BCUT2D eigenvalue weighted by Gasteiger charge is -2.34. The SMILES string of the molecule is CCO[C@H]1CN(C(=O)[C@@H](NC(=O)c2ccc(C3CCN(C(C)C)CC3)cc2)C2CCCC2)[C@@H]2C(=O)CO[C@H]12. The Morgan fingerprint density at radius 2 is 1.76 bits per heavy atom. The third kappa shape index (κ3) is 5.54. The maximum absolute atomic E-state index is 13.9. The number of likely N-dealkylation sites (tertiary alicyclic amines) is 2. The zero-order valence-corrected chi connectivity index (χ0v) is 23.1. The highest BCUT2D eigenvalue weighted by Gasteiger charge is 2.54. The van der Waals surface area contributed by atoms with Gasteiger partial charge in [0, 0.05) is 18.2 Å². The Bertz CT molecular complexity index is 998. The number of Topliss-reactive ketones (excluding diaryl/α,β-unsaturated/α-hetero) is 1. The number of hydrogen-bond acceptors (Lipinski definition) is 6. The molecule has 8 heteroatoms. The van der Waals surface area contributed by atoms with Gasteiger partial charge in [-0.25, -0.2) is 0 Å². The Kier molecular flexibility index (Phi) is 8.50. The second-order valence-corrected chi connectivity index (χ2v) is 11.7. The fraction of sp³-hybridized carbons (Fsp3) is 0.700. The molecular weight excluding hydrogens is 482 g/mol. The number of carbonyl (C=O) groups excluding carboxylic acids is 3. The summed E-state index contributed by atoms with van der Waals surface area (Å²) in [5.74, 6) is 0.0793. The molecule has 4 fully saturated rings. The van der Waals surface area contributed by atoms with Gasteiger partial charge in [0.25, 0.3) is 5.91 Å². The zero-order valence-electron chi connectivity index (χ0n) is 23.1. The van der Waals surface area contributed by atoms with Crippen molar-refractivity contribution < 1.29 is 23.9 Å². The minimum Gasteiger partial charge on any atom is -0.374 e. The Morgan fingerprint density at radius 3 is 2.39 bits per heavy atom. The van der Waals surface area contributed by atoms with Crippen LogP contribution in [0.4, 0.5) is 0 Å². The Labute approximate surface area is 226 Å². The van der Waals surface area contributed by atoms with E-state index < -0.39 is 18.2 Å². The standard InChI is InChI=1S/C30H43N3O5/c1-4-37-25-17-33(27-24(34)18-38-28(25)27)30(36)26(22-7-5-6-8-22)31-29(35)23-11-9-20(10-12-23)21-13-15-32(16-14-21)19(2)3/h9-12,19,21-22,25-28H,4-8,13-18H2,1-3H3,(H,31,35)/t25-,26-,27+,28+/m0/s1. The number of ether oxygens (including phenoxy) is 2. The molecule has 1 aliphatic carbocycles. The summed E-state index contributed by atoms with van der Waals surface area (Å²) in [6.45, 7) is 9.41. The quantitative estimate of drug-likeness (QED) is 0.561. The normalized spacial score (nSPS) is 27.7. The molecule has 0 aromatic heterocycles. The molecule has 38 heavy (non-hydrogen) atoms. The van der Waals surface area contributed by atoms with Crippen molar-refractivity contribution in [1.82, 2.24) is 15.1 Å². The summed E-state index contributed by atoms with van der Waals surface area (Å²) < 4.78 is 11.5. The highest BCUT2D eigenvalue weighted by Crippen LogP contribution is 2.34. The number of nitrogens with one attached hydrogen (secondary N) is 1. The summed E-state index contributed by atoms with van der Waals surface area (Å²) in [4.78, 5) is 44.1. The van der Waals surface area contributed by atoms with Crippen molar-refractivity contribution in [2.24, 2.45) is 5.92 Å². The summed E-state index contributed by atoms with van der Waals surface area (Å²) in [5.41, 5.74) is 1.84. The first-order valence-corrected chi connectivity index (χ1v) is 14.6. The van der Waals surface area contributed by atoms with Crippen molar-refractivity contribution in [2.75, 3.05) is 32.8 Å². The van der Waals surface area contributed by atoms with Crippen molar-refractivity contribution >= 4 is 17.6 Å². The van der Waals surface area contributed by atoms with E-state index in [4.69, 9.17) is 9.47 Å². The van der Waals surface area contributed by atoms with Gasteiger partial charge < -0.3 is 24.6 Å². The molecule has 0 spiro atoms. The third-order valence-electron chi connectivity index (χ3n) is 9.13. The van der Waals surface area contributed by atoms with Gasteiger partial charge in [0.05, 0.1) is 6.54 Å². The van der Waals surface area contributed by atoms with Gasteiger partial charge >= 0.3 is 0 Å². The van der Waals surface area contributed by atoms with E-state index in [2.05, 4.69) is 36.2 Å². The Morgan fingerprint density at radius 1 is 1.08 bits per heavy atom. The molecule has 8 nitrogen and oxygen atoms in total. The fourth-order valence-corrected chi connectivity index (χ4v) is 6.93. The first-order valence-electron chi connectivity index (χ1n) is 14.6. The van der Waals surface area contributed by atoms with Gasteiger partial charge in [-0.3, -0.25) is 14.4 Å². The van der Waals surface area contributed by atoms with Crippen molar-refractivity contribution in [3.05, 3.63) is 35.4 Å². The van der Waals surface area contributed by atoms with Crippen LogP contribution >= 0.6 is 0 Å². The largest absolute Gasteiger partial charge is 0.374 e. The van der Waals surface area contributed by atoms with Crippen LogP contribution in [0.2, 0.25) is 0 Å². The molecule has 1 N–H and O–H groups in total. The van der Waals surface area contributed by atoms with Crippen LogP contribution < -0.4 is 5.32 Å². The van der Waals surface area contributed by atoms with Gasteiger partial charge in [-0.05, 0) is 89.1 Å². The van der Waals surface area contributed by atoms with Crippen LogP contribution in [0.1, 0.15) is 81.1 Å². The Hall–Kier alpha value is -2.29. The van der Waals surface area contributed by atoms with Crippen LogP contribution in [-0.2, 0) is 19.1 Å². The lowest BCUT2D eigenvalue weighted by atomic mass is 9.88. The van der Waals surface area contributed by atoms with Gasteiger partial charge in [-0.1, -0.05) is 25.0 Å². The van der Waals surface area contributed by atoms with E-state index in [0.717, 1.165) is 51.6 Å². The molecule has 0 bridgehead atoms. The highest BCUT2D eigenvalue weighted by atomic mass is 16.6. The van der Waals surface area contributed by atoms with Crippen molar-refractivity contribution in [2.45, 2.75) is 95.5 Å². The van der Waals surface area contributed by atoms with E-state index in [1.165, 1.54) is 5.56 Å². The maximum atomic E-state index is 13.9. The van der Waals surface area contributed by atoms with Crippen LogP contribution in [0.3, 0.4) is 0 Å². The smallest absolute Gasteiger partial charge is 0.251 e. The van der Waals surface area contributed by atoms with Crippen LogP contribution in [0.15, 0.2) is 24.3 Å². The molecule has 5 rings (SSSR count). The van der Waals surface area contributed by atoms with Crippen LogP contribution in [0.25, 0.3) is 0 Å². The zero-order chi connectivity index (χ0) is 26.8. The van der Waals surface area contributed by atoms with Gasteiger partial charge in [0.2, 0.25) is 5.91 Å². The van der Waals surface area contributed by atoms with Crippen LogP contribution in [0.5, 0.6) is 0 Å². The summed E-state index contributed by atoms with van der Waals surface area (Å²) in [5, 5.41) is 3.08. The minimum atomic E-state index is -0.653. The molecule has 4 atom stereocenters. The van der Waals surface area contributed by atoms with Gasteiger partial charge in [-0.2, -0.15) is 0 Å². The maximum Gasteiger partial charge on any atom is 0.251 e. The molecule has 4 aliphatic rings. The van der Waals surface area contributed by atoms with E-state index in [0.29, 0.717) is 30.7 Å². The molecule has 0 unspecified atom stereocenters. The minimum absolute atomic E-state index is 0.00594. The van der Waals surface area contributed by atoms with Gasteiger partial charge in [0.15, 0.2) is 5.78 Å². The topological polar surface area (TPSA) is 88.2 Å². The van der Waals surface area contributed by atoms with Crippen LogP contribution in [-0.4, -0.2) is 90.6 Å². The summed E-state index contributed by atoms with van der Waals surface area (Å²) in [6.07, 6.45) is 5.40. The molecular formula is C30H43N3O5. The van der Waals surface area contributed by atoms with E-state index in [1.807, 2.05) is 19.1 Å². The van der Waals surface area contributed by atoms with E-state index in [1.54, 1.807) is 4.90 Å². The summed E-state index contributed by atoms with van der Waals surface area (Å²) >= 11 is 0. The number of rotatable bonds is 8. The first-order chi connectivity index (χ1) is 18.4. The second-order valence-electron chi connectivity index (χ2n) is 11.7. The summed E-state index contributed by atoms with van der Waals surface area (Å²) in [7, 11) is 0. The van der Waals surface area contributed by atoms with Crippen molar-refractivity contribution in [3.63, 3.8) is 0 Å². The molecule has 3 aliphatic heterocycles. The first kappa shape index (κ1) is 27.3. The number of benzene rings is 1. The van der Waals surface area contributed by atoms with E-state index in [9.17, 15) is 14.4 Å². The molecule has 2 amide bonds. The number of fused-ring (bicyclic) bond motifs is 1. The molecule has 0 radical (unpaired) electrons. The second kappa shape index (κ2) is 11.8. The number of amides is 2. The number of ketones is 1. The molecule has 3 heterocycles. The van der Waals surface area contributed by atoms with Crippen molar-refractivity contribution in [3.8, 4) is 0 Å². The number of hydrogen-bond donors (Lipinski definition) is 1. The van der Waals surface area contributed by atoms with E-state index in [-0.39, 0.29) is 36.2 Å². The molecule has 1 aromatic rings. The van der Waals surface area contributed by atoms with Gasteiger partial charge in [0.1, 0.15) is 30.9 Å². The molecule has 3 saturated heterocycles. The molecule has 208 valence electrons. The number of piperidine rings is 1. The van der Waals surface area contributed by atoms with Crippen LogP contribution in [0, 0.1) is 5.92 Å². The molecule has 1 saturated carbocycles. The lowest BCUT2D eigenvalue weighted by Crippen LogP contribution is -2.54. The highest BCUT2D eigenvalue weighted by molar-refractivity contribution is 5.99. The fourth-order valence-electron chi connectivity index (χ4n) is 6.93. The predicted octanol–water partition coefficient (Wildman–Crippen LogP) is 3.15. The molecule has 1 aromatic carbocycles. The lowest BCUT2D eigenvalue weighted by molar-refractivity contribution is -0.139. The van der Waals surface area contributed by atoms with Crippen molar-refractivity contribution in [1.29, 1.82) is 0 Å². The average Bonchev–Trinajstić information content (AvgIpc) is 3.67. The summed E-state index contributed by atoms with van der Waals surface area (Å²) in [6, 6.07) is 7.23. The predicted molar refractivity (Wildman–Crippen MR) is 144 cm³/mol. The number of carbonyl (C=O) groups is 3. The average molecular weight is 526 g/mol. The van der Waals surface area contributed by atoms with E-state index >= 15 is 0 Å². The van der Waals surface area contributed by atoms with Gasteiger partial charge in [-0.15, -0.1) is 0 Å². The monoisotopic (exact) mass is 525 g/mol.